The number of rotatable bonds is 3. The molecule has 0 radical (unpaired) electrons. The van der Waals surface area contributed by atoms with Crippen molar-refractivity contribution < 1.29 is 4.79 Å². The smallest absolute Gasteiger partial charge is 0.229 e. The molecule has 1 aliphatic heterocycles. The minimum Gasteiger partial charge on any atom is -0.357 e. The average molecular weight is 399 g/mol. The molecule has 0 atom stereocenters. The Bertz CT molecular complexity index is 792. The second-order valence-corrected chi connectivity index (χ2v) is 7.07. The maximum atomic E-state index is 12.8. The molecule has 5 nitrogen and oxygen atoms in total. The first-order chi connectivity index (χ1) is 12.1. The summed E-state index contributed by atoms with van der Waals surface area (Å²) >= 11 is 3.45. The fourth-order valence-electron chi connectivity index (χ4n) is 3.08. The first-order valence-corrected chi connectivity index (χ1v) is 9.02. The van der Waals surface area contributed by atoms with E-state index in [0.717, 1.165) is 41.9 Å². The summed E-state index contributed by atoms with van der Waals surface area (Å²) < 4.78 is 0.964. The van der Waals surface area contributed by atoms with Gasteiger partial charge in [-0.15, -0.1) is 0 Å². The molecule has 1 saturated heterocycles. The lowest BCUT2D eigenvalue weighted by Crippen LogP contribution is -2.41. The van der Waals surface area contributed by atoms with Crippen LogP contribution in [0.25, 0.3) is 0 Å². The van der Waals surface area contributed by atoms with Gasteiger partial charge in [-0.2, -0.15) is 5.26 Å². The van der Waals surface area contributed by atoms with Crippen LogP contribution in [0.15, 0.2) is 47.1 Å². The Balaban J connectivity index is 1.61. The summed E-state index contributed by atoms with van der Waals surface area (Å²) in [6.45, 7) is 1.59. The predicted molar refractivity (Wildman–Crippen MR) is 101 cm³/mol. The predicted octanol–water partition coefficient (Wildman–Crippen LogP) is 3.60. The summed E-state index contributed by atoms with van der Waals surface area (Å²) in [6, 6.07) is 13.5. The number of aromatic nitrogens is 1. The first-order valence-electron chi connectivity index (χ1n) is 8.22. The largest absolute Gasteiger partial charge is 0.357 e. The van der Waals surface area contributed by atoms with Crippen LogP contribution < -0.4 is 9.80 Å². The lowest BCUT2D eigenvalue weighted by atomic mass is 9.95. The Morgan fingerprint density at radius 1 is 1.32 bits per heavy atom. The van der Waals surface area contributed by atoms with Crippen molar-refractivity contribution in [1.29, 1.82) is 5.26 Å². The summed E-state index contributed by atoms with van der Waals surface area (Å²) in [5.74, 6) is 1.05. The molecule has 25 heavy (non-hydrogen) atoms. The quantitative estimate of drug-likeness (QED) is 0.792. The van der Waals surface area contributed by atoms with Gasteiger partial charge in [0.15, 0.2) is 0 Å². The van der Waals surface area contributed by atoms with Crippen LogP contribution in [0.4, 0.5) is 11.5 Å². The summed E-state index contributed by atoms with van der Waals surface area (Å²) in [5.41, 5.74) is 1.46. The van der Waals surface area contributed by atoms with E-state index in [1.165, 1.54) is 0 Å². The molecule has 0 saturated carbocycles. The number of hydrogen-bond donors (Lipinski definition) is 0. The van der Waals surface area contributed by atoms with Crippen LogP contribution in [0.5, 0.6) is 0 Å². The molecule has 0 bridgehead atoms. The van der Waals surface area contributed by atoms with Gasteiger partial charge in [-0.3, -0.25) is 4.79 Å². The maximum Gasteiger partial charge on any atom is 0.229 e. The maximum absolute atomic E-state index is 12.8. The highest BCUT2D eigenvalue weighted by atomic mass is 79.9. The van der Waals surface area contributed by atoms with Gasteiger partial charge in [0.05, 0.1) is 5.56 Å². The molecule has 1 fully saturated rings. The fraction of sp³-hybridized carbons (Fsp3) is 0.316. The number of anilines is 2. The highest BCUT2D eigenvalue weighted by Crippen LogP contribution is 2.26. The van der Waals surface area contributed by atoms with Gasteiger partial charge in [-0.1, -0.05) is 22.0 Å². The van der Waals surface area contributed by atoms with Crippen molar-refractivity contribution in [1.82, 2.24) is 4.98 Å². The standard InChI is InChI=1S/C19H19BrN4O/c1-23(17-4-2-3-16(20)11-17)19(25)15-7-9-24(10-8-15)18-6-5-14(12-21)13-22-18/h2-6,11,13,15H,7-10H2,1H3. The molecule has 3 rings (SSSR count). The Hall–Kier alpha value is -2.39. The summed E-state index contributed by atoms with van der Waals surface area (Å²) in [4.78, 5) is 21.0. The van der Waals surface area contributed by atoms with Crippen LogP contribution in [0, 0.1) is 17.2 Å². The molecule has 0 N–H and O–H groups in total. The van der Waals surface area contributed by atoms with Gasteiger partial charge in [0.25, 0.3) is 0 Å². The Labute approximate surface area is 156 Å². The molecule has 2 aromatic rings. The molecular weight excluding hydrogens is 380 g/mol. The van der Waals surface area contributed by atoms with E-state index < -0.39 is 0 Å². The molecule has 0 unspecified atom stereocenters. The van der Waals surface area contributed by atoms with Gasteiger partial charge < -0.3 is 9.80 Å². The zero-order valence-corrected chi connectivity index (χ0v) is 15.6. The molecule has 1 amide bonds. The molecule has 128 valence electrons. The Morgan fingerprint density at radius 2 is 2.08 bits per heavy atom. The monoisotopic (exact) mass is 398 g/mol. The van der Waals surface area contributed by atoms with Crippen LogP contribution in [0.1, 0.15) is 18.4 Å². The van der Waals surface area contributed by atoms with Crippen molar-refractivity contribution in [3.05, 3.63) is 52.6 Å². The van der Waals surface area contributed by atoms with Gasteiger partial charge in [0, 0.05) is 42.4 Å². The molecule has 2 heterocycles. The van der Waals surface area contributed by atoms with Crippen molar-refractivity contribution in [2.75, 3.05) is 29.9 Å². The second-order valence-electron chi connectivity index (χ2n) is 6.16. The fourth-order valence-corrected chi connectivity index (χ4v) is 3.47. The molecule has 1 aliphatic rings. The van der Waals surface area contributed by atoms with Gasteiger partial charge in [-0.25, -0.2) is 4.98 Å². The van der Waals surface area contributed by atoms with Crippen molar-refractivity contribution >= 4 is 33.3 Å². The number of benzene rings is 1. The van der Waals surface area contributed by atoms with Crippen LogP contribution in [-0.4, -0.2) is 31.0 Å². The third-order valence-electron chi connectivity index (χ3n) is 4.57. The minimum atomic E-state index is 0.0265. The number of halogens is 1. The zero-order valence-electron chi connectivity index (χ0n) is 14.0. The van der Waals surface area contributed by atoms with Crippen LogP contribution in [-0.2, 0) is 4.79 Å². The molecule has 0 aliphatic carbocycles. The number of carbonyl (C=O) groups is 1. The van der Waals surface area contributed by atoms with Crippen LogP contribution in [0.3, 0.4) is 0 Å². The Morgan fingerprint density at radius 3 is 2.68 bits per heavy atom. The summed E-state index contributed by atoms with van der Waals surface area (Å²) in [6.07, 6.45) is 3.20. The topological polar surface area (TPSA) is 60.2 Å². The van der Waals surface area contributed by atoms with Gasteiger partial charge in [0.1, 0.15) is 11.9 Å². The van der Waals surface area contributed by atoms with E-state index in [1.54, 1.807) is 17.2 Å². The number of nitrogens with zero attached hydrogens (tertiary/aromatic N) is 4. The molecular formula is C19H19BrN4O. The van der Waals surface area contributed by atoms with Gasteiger partial charge in [-0.05, 0) is 43.2 Å². The highest BCUT2D eigenvalue weighted by Gasteiger charge is 2.28. The van der Waals surface area contributed by atoms with Crippen molar-refractivity contribution in [3.8, 4) is 6.07 Å². The van der Waals surface area contributed by atoms with Crippen molar-refractivity contribution in [2.24, 2.45) is 5.92 Å². The second kappa shape index (κ2) is 7.66. The average Bonchev–Trinajstić information content (AvgIpc) is 2.67. The summed E-state index contributed by atoms with van der Waals surface area (Å²) in [7, 11) is 1.83. The Kier molecular flexibility index (Phi) is 5.34. The van der Waals surface area contributed by atoms with E-state index in [-0.39, 0.29) is 11.8 Å². The number of pyridine rings is 1. The minimum absolute atomic E-state index is 0.0265. The van der Waals surface area contributed by atoms with Crippen LogP contribution >= 0.6 is 15.9 Å². The SMILES string of the molecule is CN(C(=O)C1CCN(c2ccc(C#N)cn2)CC1)c1cccc(Br)c1. The third-order valence-corrected chi connectivity index (χ3v) is 5.06. The number of hydrogen-bond acceptors (Lipinski definition) is 4. The highest BCUT2D eigenvalue weighted by molar-refractivity contribution is 9.10. The van der Waals surface area contributed by atoms with E-state index >= 15 is 0 Å². The van der Waals surface area contributed by atoms with Crippen molar-refractivity contribution in [3.63, 3.8) is 0 Å². The van der Waals surface area contributed by atoms with Crippen LogP contribution in [0.2, 0.25) is 0 Å². The van der Waals surface area contributed by atoms with E-state index in [9.17, 15) is 4.79 Å². The third kappa shape index (κ3) is 3.99. The zero-order chi connectivity index (χ0) is 17.8. The number of carbonyl (C=O) groups excluding carboxylic acids is 1. The van der Waals surface area contributed by atoms with E-state index in [2.05, 4.69) is 31.9 Å². The van der Waals surface area contributed by atoms with E-state index in [1.807, 2.05) is 37.4 Å². The summed E-state index contributed by atoms with van der Waals surface area (Å²) in [5, 5.41) is 8.85. The van der Waals surface area contributed by atoms with E-state index in [0.29, 0.717) is 5.56 Å². The molecule has 1 aromatic carbocycles. The number of nitriles is 1. The van der Waals surface area contributed by atoms with Crippen molar-refractivity contribution in [2.45, 2.75) is 12.8 Å². The number of piperidine rings is 1. The van der Waals surface area contributed by atoms with E-state index in [4.69, 9.17) is 5.26 Å². The normalized spacial score (nSPS) is 14.8. The lowest BCUT2D eigenvalue weighted by Gasteiger charge is -2.34. The first kappa shape index (κ1) is 17.4. The lowest BCUT2D eigenvalue weighted by molar-refractivity contribution is -0.122. The molecule has 0 spiro atoms. The van der Waals surface area contributed by atoms with Gasteiger partial charge >= 0.3 is 0 Å². The number of amides is 1. The van der Waals surface area contributed by atoms with Gasteiger partial charge in [0.2, 0.25) is 5.91 Å². The molecule has 1 aromatic heterocycles. The molecule has 6 heteroatoms.